The molecule has 13 heavy (non-hydrogen) atoms. The van der Waals surface area contributed by atoms with Crippen molar-refractivity contribution >= 4 is 11.8 Å². The van der Waals surface area contributed by atoms with Gasteiger partial charge in [0.25, 0.3) is 0 Å². The predicted octanol–water partition coefficient (Wildman–Crippen LogP) is 0.243. The van der Waals surface area contributed by atoms with Gasteiger partial charge in [-0.1, -0.05) is 0 Å². The highest BCUT2D eigenvalue weighted by atomic mass is 32.2. The predicted molar refractivity (Wildman–Crippen MR) is 54.7 cm³/mol. The molecule has 0 spiro atoms. The molecule has 0 amide bonds. The van der Waals surface area contributed by atoms with Gasteiger partial charge in [0.2, 0.25) is 0 Å². The van der Waals surface area contributed by atoms with Crippen LogP contribution in [-0.4, -0.2) is 60.1 Å². The Balaban J connectivity index is 1.97. The molecule has 72 valence electrons. The van der Waals surface area contributed by atoms with Crippen LogP contribution in [0.2, 0.25) is 0 Å². The van der Waals surface area contributed by atoms with Gasteiger partial charge >= 0.3 is 0 Å². The normalized spacial score (nSPS) is 29.2. The zero-order valence-electron chi connectivity index (χ0n) is 7.99. The average Bonchev–Trinajstić information content (AvgIpc) is 2.07. The lowest BCUT2D eigenvalue weighted by atomic mass is 10.0. The van der Waals surface area contributed by atoms with Crippen LogP contribution in [0.5, 0.6) is 0 Å². The molecule has 0 bridgehead atoms. The van der Waals surface area contributed by atoms with Crippen molar-refractivity contribution in [1.82, 2.24) is 9.80 Å². The van der Waals surface area contributed by atoms with E-state index in [1.807, 2.05) is 11.8 Å². The largest absolute Gasteiger partial charge is 0.304 e. The van der Waals surface area contributed by atoms with Gasteiger partial charge in [0.1, 0.15) is 5.54 Å². The van der Waals surface area contributed by atoms with Crippen molar-refractivity contribution in [3.8, 4) is 6.07 Å². The van der Waals surface area contributed by atoms with E-state index in [0.29, 0.717) is 0 Å². The van der Waals surface area contributed by atoms with E-state index in [1.165, 1.54) is 0 Å². The van der Waals surface area contributed by atoms with E-state index in [2.05, 4.69) is 22.9 Å². The van der Waals surface area contributed by atoms with Crippen LogP contribution >= 0.6 is 11.8 Å². The van der Waals surface area contributed by atoms with Gasteiger partial charge in [-0.2, -0.15) is 17.0 Å². The van der Waals surface area contributed by atoms with Gasteiger partial charge in [0.15, 0.2) is 0 Å². The Morgan fingerprint density at radius 3 is 2.23 bits per heavy atom. The molecule has 0 aromatic heterocycles. The molecular formula is C9H15N3S. The third kappa shape index (κ3) is 1.56. The smallest absolute Gasteiger partial charge is 0.127 e. The summed E-state index contributed by atoms with van der Waals surface area (Å²) in [6.45, 7) is 4.33. The molecule has 2 aliphatic rings. The van der Waals surface area contributed by atoms with Crippen LogP contribution in [0, 0.1) is 11.3 Å². The van der Waals surface area contributed by atoms with E-state index in [-0.39, 0.29) is 5.54 Å². The van der Waals surface area contributed by atoms with Crippen LogP contribution in [-0.2, 0) is 0 Å². The Morgan fingerprint density at radius 2 is 1.85 bits per heavy atom. The fraction of sp³-hybridized carbons (Fsp3) is 0.889. The second kappa shape index (κ2) is 3.49. The molecule has 0 radical (unpaired) electrons. The van der Waals surface area contributed by atoms with Gasteiger partial charge in [-0.05, 0) is 7.05 Å². The molecule has 0 aliphatic carbocycles. The zero-order chi connectivity index (χ0) is 9.31. The van der Waals surface area contributed by atoms with Gasteiger partial charge < -0.3 is 4.90 Å². The van der Waals surface area contributed by atoms with Crippen molar-refractivity contribution in [1.29, 1.82) is 5.26 Å². The monoisotopic (exact) mass is 197 g/mol. The minimum atomic E-state index is -0.105. The SMILES string of the molecule is CN1CCN(C2(C#N)CSC2)CC1. The van der Waals surface area contributed by atoms with E-state index in [4.69, 9.17) is 5.26 Å². The van der Waals surface area contributed by atoms with E-state index >= 15 is 0 Å². The summed E-state index contributed by atoms with van der Waals surface area (Å²) >= 11 is 1.89. The summed E-state index contributed by atoms with van der Waals surface area (Å²) in [5.74, 6) is 2.01. The molecule has 2 aliphatic heterocycles. The van der Waals surface area contributed by atoms with Crippen molar-refractivity contribution < 1.29 is 0 Å². The van der Waals surface area contributed by atoms with Crippen LogP contribution in [0.1, 0.15) is 0 Å². The Hall–Kier alpha value is -0.240. The van der Waals surface area contributed by atoms with Gasteiger partial charge in [0.05, 0.1) is 6.07 Å². The van der Waals surface area contributed by atoms with E-state index in [9.17, 15) is 0 Å². The standard InChI is InChI=1S/C9H15N3S/c1-11-2-4-12(5-3-11)9(6-10)7-13-8-9/h2-5,7-8H2,1H3. The van der Waals surface area contributed by atoms with Crippen molar-refractivity contribution in [3.05, 3.63) is 0 Å². The van der Waals surface area contributed by atoms with E-state index in [1.54, 1.807) is 0 Å². The zero-order valence-corrected chi connectivity index (χ0v) is 8.81. The fourth-order valence-corrected chi connectivity index (χ4v) is 2.93. The van der Waals surface area contributed by atoms with Gasteiger partial charge in [-0.15, -0.1) is 0 Å². The van der Waals surface area contributed by atoms with Crippen molar-refractivity contribution in [2.75, 3.05) is 44.7 Å². The molecule has 2 rings (SSSR count). The second-order valence-electron chi connectivity index (χ2n) is 3.93. The van der Waals surface area contributed by atoms with Crippen LogP contribution < -0.4 is 0 Å². The molecule has 2 saturated heterocycles. The maximum Gasteiger partial charge on any atom is 0.127 e. The van der Waals surface area contributed by atoms with Crippen molar-refractivity contribution in [2.24, 2.45) is 0 Å². The van der Waals surface area contributed by atoms with Crippen LogP contribution in [0.3, 0.4) is 0 Å². The first-order chi connectivity index (χ1) is 6.27. The Labute approximate surface area is 83.7 Å². The maximum atomic E-state index is 9.14. The van der Waals surface area contributed by atoms with Gasteiger partial charge in [-0.25, -0.2) is 0 Å². The number of nitrogens with zero attached hydrogens (tertiary/aromatic N) is 3. The number of hydrogen-bond acceptors (Lipinski definition) is 4. The molecule has 0 aromatic carbocycles. The lowest BCUT2D eigenvalue weighted by Gasteiger charge is -2.47. The highest BCUT2D eigenvalue weighted by molar-refractivity contribution is 8.00. The summed E-state index contributed by atoms with van der Waals surface area (Å²) in [6.07, 6.45) is 0. The second-order valence-corrected chi connectivity index (χ2v) is 4.91. The maximum absolute atomic E-state index is 9.14. The summed E-state index contributed by atoms with van der Waals surface area (Å²) < 4.78 is 0. The molecule has 0 saturated carbocycles. The number of hydrogen-bond donors (Lipinski definition) is 0. The van der Waals surface area contributed by atoms with E-state index in [0.717, 1.165) is 37.7 Å². The van der Waals surface area contributed by atoms with Crippen LogP contribution in [0.25, 0.3) is 0 Å². The van der Waals surface area contributed by atoms with Crippen molar-refractivity contribution in [3.63, 3.8) is 0 Å². The van der Waals surface area contributed by atoms with Crippen LogP contribution in [0.4, 0.5) is 0 Å². The molecule has 2 fully saturated rings. The lowest BCUT2D eigenvalue weighted by Crippen LogP contribution is -2.62. The highest BCUT2D eigenvalue weighted by Gasteiger charge is 2.44. The third-order valence-corrected chi connectivity index (χ3v) is 4.36. The quantitative estimate of drug-likeness (QED) is 0.602. The summed E-state index contributed by atoms with van der Waals surface area (Å²) in [6, 6.07) is 2.49. The Morgan fingerprint density at radius 1 is 1.23 bits per heavy atom. The van der Waals surface area contributed by atoms with E-state index < -0.39 is 0 Å². The summed E-state index contributed by atoms with van der Waals surface area (Å²) in [4.78, 5) is 4.69. The number of thioether (sulfide) groups is 1. The minimum absolute atomic E-state index is 0.105. The molecule has 0 aromatic rings. The Kier molecular flexibility index (Phi) is 2.50. The molecule has 0 N–H and O–H groups in total. The molecule has 3 nitrogen and oxygen atoms in total. The molecule has 0 atom stereocenters. The molecule has 2 heterocycles. The summed E-state index contributed by atoms with van der Waals surface area (Å²) in [7, 11) is 2.14. The first-order valence-electron chi connectivity index (χ1n) is 4.69. The van der Waals surface area contributed by atoms with Crippen LogP contribution in [0.15, 0.2) is 0 Å². The van der Waals surface area contributed by atoms with Gasteiger partial charge in [0, 0.05) is 37.7 Å². The van der Waals surface area contributed by atoms with Crippen molar-refractivity contribution in [2.45, 2.75) is 5.54 Å². The highest BCUT2D eigenvalue weighted by Crippen LogP contribution is 2.34. The molecule has 4 heteroatoms. The topological polar surface area (TPSA) is 30.3 Å². The Bertz CT molecular complexity index is 224. The summed E-state index contributed by atoms with van der Waals surface area (Å²) in [5.41, 5.74) is -0.105. The third-order valence-electron chi connectivity index (χ3n) is 3.00. The minimum Gasteiger partial charge on any atom is -0.304 e. The first kappa shape index (κ1) is 9.32. The molecule has 0 unspecified atom stereocenters. The van der Waals surface area contributed by atoms with Gasteiger partial charge in [-0.3, -0.25) is 4.90 Å². The number of piperazine rings is 1. The molecular weight excluding hydrogens is 182 g/mol. The number of rotatable bonds is 1. The number of likely N-dealkylation sites (N-methyl/N-ethyl adjacent to an activating group) is 1. The number of nitriles is 1. The average molecular weight is 197 g/mol. The first-order valence-corrected chi connectivity index (χ1v) is 5.85. The lowest BCUT2D eigenvalue weighted by molar-refractivity contribution is 0.0927. The summed E-state index contributed by atoms with van der Waals surface area (Å²) in [5, 5.41) is 9.14. The fourth-order valence-electron chi connectivity index (χ4n) is 1.85.